The third-order valence-corrected chi connectivity index (χ3v) is 3.23. The molecule has 2 rings (SSSR count). The third kappa shape index (κ3) is 4.08. The van der Waals surface area contributed by atoms with Gasteiger partial charge in [-0.2, -0.15) is 4.80 Å². The highest BCUT2D eigenvalue weighted by Gasteiger charge is 2.13. The van der Waals surface area contributed by atoms with E-state index >= 15 is 0 Å². The van der Waals surface area contributed by atoms with E-state index in [1.165, 1.54) is 16.9 Å². The highest BCUT2D eigenvalue weighted by atomic mass is 19.1. The van der Waals surface area contributed by atoms with Crippen LogP contribution in [0.1, 0.15) is 20.8 Å². The van der Waals surface area contributed by atoms with Gasteiger partial charge in [-0.15, -0.1) is 10.2 Å². The Labute approximate surface area is 122 Å². The summed E-state index contributed by atoms with van der Waals surface area (Å²) < 4.78 is 12.9. The summed E-state index contributed by atoms with van der Waals surface area (Å²) in [6.07, 6.45) is 0. The Balaban J connectivity index is 2.00. The predicted molar refractivity (Wildman–Crippen MR) is 75.7 cm³/mol. The van der Waals surface area contributed by atoms with Crippen molar-refractivity contribution in [2.75, 3.05) is 0 Å². The van der Waals surface area contributed by atoms with E-state index in [-0.39, 0.29) is 24.3 Å². The van der Waals surface area contributed by atoms with Crippen LogP contribution < -0.4 is 5.32 Å². The van der Waals surface area contributed by atoms with Crippen molar-refractivity contribution in [1.82, 2.24) is 25.5 Å². The first kappa shape index (κ1) is 15.1. The summed E-state index contributed by atoms with van der Waals surface area (Å²) >= 11 is 0. The second kappa shape index (κ2) is 6.43. The zero-order valence-electron chi connectivity index (χ0n) is 12.2. The van der Waals surface area contributed by atoms with Crippen LogP contribution in [0, 0.1) is 11.7 Å². The molecule has 2 aromatic rings. The molecule has 0 saturated carbocycles. The van der Waals surface area contributed by atoms with E-state index in [0.29, 0.717) is 17.3 Å². The lowest BCUT2D eigenvalue weighted by Crippen LogP contribution is -2.38. The van der Waals surface area contributed by atoms with Crippen LogP contribution in [0.5, 0.6) is 0 Å². The van der Waals surface area contributed by atoms with Gasteiger partial charge in [0.15, 0.2) is 0 Å². The molecule has 0 aliphatic rings. The van der Waals surface area contributed by atoms with Crippen molar-refractivity contribution in [2.24, 2.45) is 5.92 Å². The van der Waals surface area contributed by atoms with E-state index in [1.54, 1.807) is 12.1 Å². The Kier molecular flexibility index (Phi) is 4.62. The minimum atomic E-state index is -0.326. The number of carbonyl (C=O) groups excluding carboxylic acids is 1. The molecule has 0 aliphatic carbocycles. The molecule has 7 heteroatoms. The van der Waals surface area contributed by atoms with Crippen LogP contribution in [0.2, 0.25) is 0 Å². The zero-order valence-corrected chi connectivity index (χ0v) is 12.2. The number of amides is 1. The van der Waals surface area contributed by atoms with Gasteiger partial charge in [-0.1, -0.05) is 13.8 Å². The molecule has 112 valence electrons. The number of nitrogens with zero attached hydrogens (tertiary/aromatic N) is 4. The molecular formula is C14H18FN5O. The summed E-state index contributed by atoms with van der Waals surface area (Å²) in [5.74, 6) is 0.222. The molecule has 1 atom stereocenters. The average Bonchev–Trinajstić information content (AvgIpc) is 2.87. The number of rotatable bonds is 5. The van der Waals surface area contributed by atoms with Gasteiger partial charge in [0.05, 0.1) is 0 Å². The topological polar surface area (TPSA) is 72.7 Å². The van der Waals surface area contributed by atoms with E-state index < -0.39 is 0 Å². The molecule has 0 unspecified atom stereocenters. The second-order valence-corrected chi connectivity index (χ2v) is 5.25. The zero-order chi connectivity index (χ0) is 15.4. The number of hydrogen-bond acceptors (Lipinski definition) is 4. The van der Waals surface area contributed by atoms with Crippen LogP contribution in [-0.4, -0.2) is 32.2 Å². The fourth-order valence-corrected chi connectivity index (χ4v) is 1.62. The van der Waals surface area contributed by atoms with E-state index in [2.05, 4.69) is 20.7 Å². The van der Waals surface area contributed by atoms with Gasteiger partial charge in [-0.3, -0.25) is 4.79 Å². The summed E-state index contributed by atoms with van der Waals surface area (Å²) in [5.41, 5.74) is 0.651. The third-order valence-electron chi connectivity index (χ3n) is 3.23. The summed E-state index contributed by atoms with van der Waals surface area (Å²) in [7, 11) is 0. The predicted octanol–water partition coefficient (Wildman–Crippen LogP) is 1.64. The van der Waals surface area contributed by atoms with Crippen molar-refractivity contribution < 1.29 is 9.18 Å². The molecule has 0 saturated heterocycles. The molecule has 0 spiro atoms. The van der Waals surface area contributed by atoms with Crippen molar-refractivity contribution in [1.29, 1.82) is 0 Å². The number of aromatic nitrogens is 4. The van der Waals surface area contributed by atoms with Crippen LogP contribution in [0.15, 0.2) is 24.3 Å². The van der Waals surface area contributed by atoms with Crippen molar-refractivity contribution >= 4 is 5.91 Å². The van der Waals surface area contributed by atoms with E-state index in [0.717, 1.165) is 0 Å². The monoisotopic (exact) mass is 291 g/mol. The highest BCUT2D eigenvalue weighted by molar-refractivity contribution is 5.75. The molecular weight excluding hydrogens is 273 g/mol. The molecule has 1 amide bonds. The maximum Gasteiger partial charge on any atom is 0.243 e. The lowest BCUT2D eigenvalue weighted by atomic mass is 10.1. The van der Waals surface area contributed by atoms with Gasteiger partial charge in [0.1, 0.15) is 12.4 Å². The normalized spacial score (nSPS) is 12.4. The number of nitrogens with one attached hydrogen (secondary N) is 1. The average molecular weight is 291 g/mol. The Morgan fingerprint density at radius 3 is 2.57 bits per heavy atom. The molecule has 0 radical (unpaired) electrons. The standard InChI is InChI=1S/C14H18FN5O/c1-9(2)10(3)16-13(21)8-20-18-14(17-19-20)11-4-6-12(15)7-5-11/h4-7,9-10H,8H2,1-3H3,(H,16,21)/t10-/m1/s1. The first-order valence-corrected chi connectivity index (χ1v) is 6.79. The van der Waals surface area contributed by atoms with Gasteiger partial charge in [0, 0.05) is 11.6 Å². The summed E-state index contributed by atoms with van der Waals surface area (Å²) in [4.78, 5) is 13.1. The maximum atomic E-state index is 12.9. The Morgan fingerprint density at radius 2 is 1.95 bits per heavy atom. The summed E-state index contributed by atoms with van der Waals surface area (Å²) in [5, 5.41) is 14.7. The maximum absolute atomic E-state index is 12.9. The fourth-order valence-electron chi connectivity index (χ4n) is 1.62. The van der Waals surface area contributed by atoms with Crippen LogP contribution in [0.4, 0.5) is 4.39 Å². The van der Waals surface area contributed by atoms with Gasteiger partial charge in [0.2, 0.25) is 11.7 Å². The van der Waals surface area contributed by atoms with Crippen LogP contribution in [-0.2, 0) is 11.3 Å². The Hall–Kier alpha value is -2.31. The lowest BCUT2D eigenvalue weighted by Gasteiger charge is -2.16. The molecule has 0 fully saturated rings. The fraction of sp³-hybridized carbons (Fsp3) is 0.429. The summed E-state index contributed by atoms with van der Waals surface area (Å²) in [6.45, 7) is 6.02. The number of carbonyl (C=O) groups is 1. The first-order valence-electron chi connectivity index (χ1n) is 6.79. The molecule has 0 aliphatic heterocycles. The molecule has 21 heavy (non-hydrogen) atoms. The lowest BCUT2D eigenvalue weighted by molar-refractivity contribution is -0.123. The van der Waals surface area contributed by atoms with Gasteiger partial charge in [-0.05, 0) is 42.3 Å². The summed E-state index contributed by atoms with van der Waals surface area (Å²) in [6, 6.07) is 5.87. The van der Waals surface area contributed by atoms with Crippen molar-refractivity contribution in [3.05, 3.63) is 30.1 Å². The van der Waals surface area contributed by atoms with E-state index in [4.69, 9.17) is 0 Å². The molecule has 1 N–H and O–H groups in total. The SMILES string of the molecule is CC(C)[C@@H](C)NC(=O)Cn1nnc(-c2ccc(F)cc2)n1. The van der Waals surface area contributed by atoms with Crippen LogP contribution in [0.3, 0.4) is 0 Å². The smallest absolute Gasteiger partial charge is 0.243 e. The van der Waals surface area contributed by atoms with Crippen LogP contribution >= 0.6 is 0 Å². The van der Waals surface area contributed by atoms with Crippen molar-refractivity contribution in [3.8, 4) is 11.4 Å². The molecule has 0 bridgehead atoms. The molecule has 6 nitrogen and oxygen atoms in total. The minimum Gasteiger partial charge on any atom is -0.352 e. The quantitative estimate of drug-likeness (QED) is 0.909. The minimum absolute atomic E-state index is 0.00521. The van der Waals surface area contributed by atoms with E-state index in [9.17, 15) is 9.18 Å². The first-order chi connectivity index (χ1) is 9.95. The highest BCUT2D eigenvalue weighted by Crippen LogP contribution is 2.13. The van der Waals surface area contributed by atoms with Crippen molar-refractivity contribution in [3.63, 3.8) is 0 Å². The molecule has 1 heterocycles. The largest absolute Gasteiger partial charge is 0.352 e. The molecule has 1 aromatic carbocycles. The van der Waals surface area contributed by atoms with Gasteiger partial charge in [-0.25, -0.2) is 4.39 Å². The van der Waals surface area contributed by atoms with Crippen LogP contribution in [0.25, 0.3) is 11.4 Å². The number of hydrogen-bond donors (Lipinski definition) is 1. The van der Waals surface area contributed by atoms with Gasteiger partial charge < -0.3 is 5.32 Å². The van der Waals surface area contributed by atoms with E-state index in [1.807, 2.05) is 20.8 Å². The van der Waals surface area contributed by atoms with Gasteiger partial charge >= 0.3 is 0 Å². The van der Waals surface area contributed by atoms with Gasteiger partial charge in [0.25, 0.3) is 0 Å². The number of halogens is 1. The number of tetrazole rings is 1. The Bertz CT molecular complexity index is 608. The molecule has 1 aromatic heterocycles. The second-order valence-electron chi connectivity index (χ2n) is 5.25. The number of benzene rings is 1. The van der Waals surface area contributed by atoms with Crippen molar-refractivity contribution in [2.45, 2.75) is 33.4 Å². The Morgan fingerprint density at radius 1 is 1.29 bits per heavy atom.